The molecular weight excluding hydrogens is 228 g/mol. The lowest BCUT2D eigenvalue weighted by molar-refractivity contribution is 0.207. The van der Waals surface area contributed by atoms with Gasteiger partial charge in [0.15, 0.2) is 5.65 Å². The maximum atomic E-state index is 5.69. The van der Waals surface area contributed by atoms with Crippen LogP contribution in [0.1, 0.15) is 6.42 Å². The Hall–Kier alpha value is -1.33. The van der Waals surface area contributed by atoms with Crippen LogP contribution in [0.2, 0.25) is 0 Å². The Balaban J connectivity index is 0.000000963. The molecule has 86 valence electrons. The van der Waals surface area contributed by atoms with E-state index >= 15 is 0 Å². The van der Waals surface area contributed by atoms with Crippen molar-refractivity contribution in [2.24, 2.45) is 0 Å². The summed E-state index contributed by atoms with van der Waals surface area (Å²) < 4.78 is 5.69. The molecule has 2 N–H and O–H groups in total. The topological polar surface area (TPSA) is 62.8 Å². The van der Waals surface area contributed by atoms with Gasteiger partial charge in [-0.15, -0.1) is 12.4 Å². The third kappa shape index (κ3) is 2.10. The summed E-state index contributed by atoms with van der Waals surface area (Å²) >= 11 is 0. The number of halogens is 1. The number of hydrogen-bond donors (Lipinski definition) is 2. The summed E-state index contributed by atoms with van der Waals surface area (Å²) in [5, 5.41) is 3.24. The van der Waals surface area contributed by atoms with Gasteiger partial charge < -0.3 is 15.0 Å². The van der Waals surface area contributed by atoms with Crippen LogP contribution >= 0.6 is 12.4 Å². The van der Waals surface area contributed by atoms with E-state index in [1.165, 1.54) is 0 Å². The summed E-state index contributed by atoms with van der Waals surface area (Å²) in [5.41, 5.74) is 1.62. The van der Waals surface area contributed by atoms with Gasteiger partial charge in [-0.1, -0.05) is 0 Å². The first-order valence-corrected chi connectivity index (χ1v) is 5.10. The van der Waals surface area contributed by atoms with Crippen molar-refractivity contribution in [2.45, 2.75) is 12.5 Å². The first-order chi connectivity index (χ1) is 7.42. The highest BCUT2D eigenvalue weighted by atomic mass is 35.5. The average Bonchev–Trinajstić information content (AvgIpc) is 2.86. The van der Waals surface area contributed by atoms with E-state index in [0.717, 1.165) is 25.0 Å². The van der Waals surface area contributed by atoms with Crippen molar-refractivity contribution in [3.63, 3.8) is 0 Å². The molecule has 1 aliphatic rings. The number of H-pyrrole nitrogens is 1. The number of hydrogen-bond acceptors (Lipinski definition) is 4. The SMILES string of the molecule is Cl.c1cnc2nc(O[C@@H]3CCNC3)[nH]c2c1. The van der Waals surface area contributed by atoms with Gasteiger partial charge in [0.05, 0.1) is 5.52 Å². The smallest absolute Gasteiger partial charge is 0.296 e. The zero-order valence-corrected chi connectivity index (χ0v) is 9.46. The lowest BCUT2D eigenvalue weighted by Crippen LogP contribution is -2.20. The third-order valence-electron chi connectivity index (χ3n) is 2.53. The van der Waals surface area contributed by atoms with Crippen LogP contribution in [0.5, 0.6) is 6.01 Å². The summed E-state index contributed by atoms with van der Waals surface area (Å²) in [5.74, 6) is 0. The number of aromatic amines is 1. The molecule has 0 aromatic carbocycles. The van der Waals surface area contributed by atoms with Crippen molar-refractivity contribution in [2.75, 3.05) is 13.1 Å². The van der Waals surface area contributed by atoms with Crippen LogP contribution in [0.3, 0.4) is 0 Å². The van der Waals surface area contributed by atoms with Gasteiger partial charge in [0, 0.05) is 12.7 Å². The van der Waals surface area contributed by atoms with Gasteiger partial charge >= 0.3 is 0 Å². The molecule has 2 aromatic rings. The largest absolute Gasteiger partial charge is 0.460 e. The Morgan fingerprint density at radius 3 is 3.12 bits per heavy atom. The first-order valence-electron chi connectivity index (χ1n) is 5.10. The normalized spacial score (nSPS) is 19.6. The standard InChI is InChI=1S/C10H12N4O.ClH/c1-2-8-9(12-4-1)14-10(13-8)15-7-3-5-11-6-7;/h1-2,4,7,11H,3,5-6H2,(H,12,13,14);1H/t7-;/m1./s1. The van der Waals surface area contributed by atoms with Crippen LogP contribution in [0.25, 0.3) is 11.2 Å². The second-order valence-corrected chi connectivity index (χ2v) is 3.65. The zero-order valence-electron chi connectivity index (χ0n) is 8.64. The number of ether oxygens (including phenoxy) is 1. The molecule has 1 saturated heterocycles. The maximum absolute atomic E-state index is 5.69. The van der Waals surface area contributed by atoms with Gasteiger partial charge in [-0.05, 0) is 25.1 Å². The average molecular weight is 241 g/mol. The van der Waals surface area contributed by atoms with Crippen molar-refractivity contribution in [1.82, 2.24) is 20.3 Å². The molecule has 0 bridgehead atoms. The van der Waals surface area contributed by atoms with Crippen molar-refractivity contribution in [3.8, 4) is 6.01 Å². The van der Waals surface area contributed by atoms with Gasteiger partial charge in [0.2, 0.25) is 0 Å². The molecule has 0 spiro atoms. The molecule has 1 aliphatic heterocycles. The van der Waals surface area contributed by atoms with Crippen LogP contribution in [0.4, 0.5) is 0 Å². The molecule has 1 atom stereocenters. The number of rotatable bonds is 2. The number of nitrogens with one attached hydrogen (secondary N) is 2. The summed E-state index contributed by atoms with van der Waals surface area (Å²) in [6, 6.07) is 4.38. The van der Waals surface area contributed by atoms with E-state index in [2.05, 4.69) is 20.3 Å². The van der Waals surface area contributed by atoms with Crippen LogP contribution in [-0.2, 0) is 0 Å². The van der Waals surface area contributed by atoms with Crippen LogP contribution in [0, 0.1) is 0 Å². The lowest BCUT2D eigenvalue weighted by Gasteiger charge is -2.07. The van der Waals surface area contributed by atoms with E-state index in [1.807, 2.05) is 12.1 Å². The molecule has 3 heterocycles. The molecule has 3 rings (SSSR count). The van der Waals surface area contributed by atoms with Crippen molar-refractivity contribution in [1.29, 1.82) is 0 Å². The van der Waals surface area contributed by atoms with E-state index < -0.39 is 0 Å². The van der Waals surface area contributed by atoms with Gasteiger partial charge in [0.25, 0.3) is 6.01 Å². The molecule has 1 fully saturated rings. The van der Waals surface area contributed by atoms with E-state index in [9.17, 15) is 0 Å². The second kappa shape index (κ2) is 4.67. The molecule has 16 heavy (non-hydrogen) atoms. The van der Waals surface area contributed by atoms with E-state index in [4.69, 9.17) is 4.74 Å². The lowest BCUT2D eigenvalue weighted by atomic mass is 10.3. The van der Waals surface area contributed by atoms with Crippen molar-refractivity contribution < 1.29 is 4.74 Å². The molecule has 2 aromatic heterocycles. The Morgan fingerprint density at radius 1 is 1.44 bits per heavy atom. The fraction of sp³-hybridized carbons (Fsp3) is 0.400. The van der Waals surface area contributed by atoms with Gasteiger partial charge in [-0.2, -0.15) is 4.98 Å². The number of pyridine rings is 1. The Morgan fingerprint density at radius 2 is 2.38 bits per heavy atom. The highest BCUT2D eigenvalue weighted by Crippen LogP contribution is 2.15. The molecule has 0 saturated carbocycles. The Bertz CT molecular complexity index is 434. The molecular formula is C10H13ClN4O. The minimum atomic E-state index is 0. The molecule has 0 radical (unpaired) electrons. The number of imidazole rings is 1. The molecule has 6 heteroatoms. The summed E-state index contributed by atoms with van der Waals surface area (Å²) in [4.78, 5) is 11.5. The Labute approximate surface area is 99.0 Å². The van der Waals surface area contributed by atoms with Gasteiger partial charge in [-0.3, -0.25) is 0 Å². The molecule has 0 amide bonds. The van der Waals surface area contributed by atoms with E-state index in [0.29, 0.717) is 11.7 Å². The summed E-state index contributed by atoms with van der Waals surface area (Å²) in [7, 11) is 0. The monoisotopic (exact) mass is 240 g/mol. The minimum absolute atomic E-state index is 0. The highest BCUT2D eigenvalue weighted by molar-refractivity contribution is 5.85. The third-order valence-corrected chi connectivity index (χ3v) is 2.53. The maximum Gasteiger partial charge on any atom is 0.296 e. The first kappa shape index (κ1) is 11.2. The van der Waals surface area contributed by atoms with Crippen LogP contribution < -0.4 is 10.1 Å². The number of aromatic nitrogens is 3. The fourth-order valence-corrected chi connectivity index (χ4v) is 1.77. The predicted octanol–water partition coefficient (Wildman–Crippen LogP) is 1.12. The summed E-state index contributed by atoms with van der Waals surface area (Å²) in [6.07, 6.45) is 2.99. The predicted molar refractivity (Wildman–Crippen MR) is 63.0 cm³/mol. The van der Waals surface area contributed by atoms with E-state index in [-0.39, 0.29) is 18.5 Å². The van der Waals surface area contributed by atoms with Crippen LogP contribution in [-0.4, -0.2) is 34.1 Å². The zero-order chi connectivity index (χ0) is 10.1. The van der Waals surface area contributed by atoms with Gasteiger partial charge in [0.1, 0.15) is 6.10 Å². The molecule has 0 unspecified atom stereocenters. The number of nitrogens with zero attached hydrogens (tertiary/aromatic N) is 2. The van der Waals surface area contributed by atoms with Crippen molar-refractivity contribution in [3.05, 3.63) is 18.3 Å². The summed E-state index contributed by atoms with van der Waals surface area (Å²) in [6.45, 7) is 1.91. The quantitative estimate of drug-likeness (QED) is 0.826. The van der Waals surface area contributed by atoms with Gasteiger partial charge in [-0.25, -0.2) is 4.98 Å². The minimum Gasteiger partial charge on any atom is -0.460 e. The number of fused-ring (bicyclic) bond motifs is 1. The Kier molecular flexibility index (Phi) is 3.26. The molecule has 5 nitrogen and oxygen atoms in total. The molecule has 0 aliphatic carbocycles. The second-order valence-electron chi connectivity index (χ2n) is 3.65. The van der Waals surface area contributed by atoms with Crippen LogP contribution in [0.15, 0.2) is 18.3 Å². The van der Waals surface area contributed by atoms with Crippen molar-refractivity contribution >= 4 is 23.6 Å². The highest BCUT2D eigenvalue weighted by Gasteiger charge is 2.17. The fourth-order valence-electron chi connectivity index (χ4n) is 1.77. The van der Waals surface area contributed by atoms with E-state index in [1.54, 1.807) is 6.20 Å².